The predicted molar refractivity (Wildman–Crippen MR) is 54.1 cm³/mol. The molecule has 0 amide bonds. The SMILES string of the molecule is CC=CC(O)C(CCC)CCC. The van der Waals surface area contributed by atoms with Crippen LogP contribution in [0.25, 0.3) is 0 Å². The zero-order valence-electron chi connectivity index (χ0n) is 8.59. The molecule has 0 fully saturated rings. The Morgan fingerprint density at radius 1 is 1.17 bits per heavy atom. The van der Waals surface area contributed by atoms with E-state index < -0.39 is 0 Å². The first-order valence-corrected chi connectivity index (χ1v) is 5.07. The van der Waals surface area contributed by atoms with E-state index in [1.165, 1.54) is 12.8 Å². The van der Waals surface area contributed by atoms with Crippen LogP contribution in [0.1, 0.15) is 46.5 Å². The third-order valence-electron chi connectivity index (χ3n) is 2.19. The minimum atomic E-state index is -0.227. The standard InChI is InChI=1S/C11H22O/c1-4-7-10(8-5-2)11(12)9-6-3/h6,9-12H,4-5,7-8H2,1-3H3. The molecule has 0 rings (SSSR count). The van der Waals surface area contributed by atoms with Crippen LogP contribution in [0.3, 0.4) is 0 Å². The highest BCUT2D eigenvalue weighted by Gasteiger charge is 2.13. The highest BCUT2D eigenvalue weighted by molar-refractivity contribution is 4.89. The Labute approximate surface area is 76.5 Å². The molecule has 0 aliphatic rings. The fraction of sp³-hybridized carbons (Fsp3) is 0.818. The largest absolute Gasteiger partial charge is 0.389 e. The fourth-order valence-corrected chi connectivity index (χ4v) is 1.58. The molecule has 72 valence electrons. The van der Waals surface area contributed by atoms with Gasteiger partial charge in [0.25, 0.3) is 0 Å². The van der Waals surface area contributed by atoms with Gasteiger partial charge in [-0.1, -0.05) is 38.8 Å². The van der Waals surface area contributed by atoms with Crippen LogP contribution in [0.5, 0.6) is 0 Å². The first-order valence-electron chi connectivity index (χ1n) is 5.07. The molecular formula is C11H22O. The van der Waals surface area contributed by atoms with E-state index in [0.717, 1.165) is 12.8 Å². The van der Waals surface area contributed by atoms with Gasteiger partial charge in [-0.25, -0.2) is 0 Å². The second-order valence-electron chi connectivity index (χ2n) is 3.35. The number of allylic oxidation sites excluding steroid dienone is 1. The molecule has 1 nitrogen and oxygen atoms in total. The Hall–Kier alpha value is -0.300. The lowest BCUT2D eigenvalue weighted by Crippen LogP contribution is -2.17. The molecule has 0 aliphatic heterocycles. The van der Waals surface area contributed by atoms with E-state index in [4.69, 9.17) is 0 Å². The average molecular weight is 170 g/mol. The highest BCUT2D eigenvalue weighted by Crippen LogP contribution is 2.18. The van der Waals surface area contributed by atoms with Crippen LogP contribution in [0.4, 0.5) is 0 Å². The molecule has 0 aromatic heterocycles. The Morgan fingerprint density at radius 3 is 2.00 bits per heavy atom. The van der Waals surface area contributed by atoms with E-state index in [0.29, 0.717) is 5.92 Å². The van der Waals surface area contributed by atoms with E-state index in [-0.39, 0.29) is 6.10 Å². The van der Waals surface area contributed by atoms with Gasteiger partial charge in [-0.2, -0.15) is 0 Å². The summed E-state index contributed by atoms with van der Waals surface area (Å²) in [6, 6.07) is 0. The third kappa shape index (κ3) is 4.55. The highest BCUT2D eigenvalue weighted by atomic mass is 16.3. The molecular weight excluding hydrogens is 148 g/mol. The summed E-state index contributed by atoms with van der Waals surface area (Å²) in [4.78, 5) is 0. The van der Waals surface area contributed by atoms with Crippen molar-refractivity contribution in [1.82, 2.24) is 0 Å². The van der Waals surface area contributed by atoms with Crippen molar-refractivity contribution in [2.24, 2.45) is 5.92 Å². The zero-order chi connectivity index (χ0) is 9.40. The minimum absolute atomic E-state index is 0.227. The van der Waals surface area contributed by atoms with Crippen LogP contribution >= 0.6 is 0 Å². The second kappa shape index (κ2) is 7.35. The maximum atomic E-state index is 9.68. The van der Waals surface area contributed by atoms with Crippen molar-refractivity contribution in [3.8, 4) is 0 Å². The van der Waals surface area contributed by atoms with Crippen LogP contribution in [0.2, 0.25) is 0 Å². The lowest BCUT2D eigenvalue weighted by atomic mass is 9.92. The summed E-state index contributed by atoms with van der Waals surface area (Å²) in [7, 11) is 0. The van der Waals surface area contributed by atoms with Crippen LogP contribution in [-0.4, -0.2) is 11.2 Å². The van der Waals surface area contributed by atoms with Gasteiger partial charge in [0.2, 0.25) is 0 Å². The van der Waals surface area contributed by atoms with Crippen molar-refractivity contribution in [2.45, 2.75) is 52.6 Å². The number of hydrogen-bond donors (Lipinski definition) is 1. The molecule has 12 heavy (non-hydrogen) atoms. The zero-order valence-corrected chi connectivity index (χ0v) is 8.59. The van der Waals surface area contributed by atoms with Crippen molar-refractivity contribution in [1.29, 1.82) is 0 Å². The lowest BCUT2D eigenvalue weighted by molar-refractivity contribution is 0.139. The molecule has 1 N–H and O–H groups in total. The number of rotatable bonds is 6. The van der Waals surface area contributed by atoms with Crippen molar-refractivity contribution >= 4 is 0 Å². The Balaban J connectivity index is 3.89. The molecule has 0 saturated carbocycles. The third-order valence-corrected chi connectivity index (χ3v) is 2.19. The Morgan fingerprint density at radius 2 is 1.67 bits per heavy atom. The summed E-state index contributed by atoms with van der Waals surface area (Å²) in [5, 5.41) is 9.68. The quantitative estimate of drug-likeness (QED) is 0.607. The maximum Gasteiger partial charge on any atom is 0.0748 e. The van der Waals surface area contributed by atoms with E-state index in [2.05, 4.69) is 13.8 Å². The Bertz CT molecular complexity index is 112. The van der Waals surface area contributed by atoms with Gasteiger partial charge in [-0.3, -0.25) is 0 Å². The van der Waals surface area contributed by atoms with E-state index >= 15 is 0 Å². The summed E-state index contributed by atoms with van der Waals surface area (Å²) >= 11 is 0. The molecule has 0 aromatic rings. The smallest absolute Gasteiger partial charge is 0.0748 e. The van der Waals surface area contributed by atoms with Gasteiger partial charge in [0.1, 0.15) is 0 Å². The van der Waals surface area contributed by atoms with Gasteiger partial charge in [0.05, 0.1) is 6.10 Å². The molecule has 1 heteroatoms. The van der Waals surface area contributed by atoms with E-state index in [1.807, 2.05) is 19.1 Å². The van der Waals surface area contributed by atoms with Crippen molar-refractivity contribution in [2.75, 3.05) is 0 Å². The maximum absolute atomic E-state index is 9.68. The molecule has 0 bridgehead atoms. The van der Waals surface area contributed by atoms with Gasteiger partial charge in [0.15, 0.2) is 0 Å². The summed E-state index contributed by atoms with van der Waals surface area (Å²) < 4.78 is 0. The molecule has 1 atom stereocenters. The molecule has 0 spiro atoms. The number of hydrogen-bond acceptors (Lipinski definition) is 1. The lowest BCUT2D eigenvalue weighted by Gasteiger charge is -2.18. The van der Waals surface area contributed by atoms with Crippen molar-refractivity contribution in [3.63, 3.8) is 0 Å². The normalized spacial score (nSPS) is 14.4. The van der Waals surface area contributed by atoms with Gasteiger partial charge >= 0.3 is 0 Å². The number of aliphatic hydroxyl groups excluding tert-OH is 1. The van der Waals surface area contributed by atoms with E-state index in [1.54, 1.807) is 0 Å². The van der Waals surface area contributed by atoms with Gasteiger partial charge in [0, 0.05) is 0 Å². The summed E-state index contributed by atoms with van der Waals surface area (Å²) in [5.74, 6) is 0.469. The van der Waals surface area contributed by atoms with Crippen LogP contribution in [0.15, 0.2) is 12.2 Å². The van der Waals surface area contributed by atoms with Crippen LogP contribution < -0.4 is 0 Å². The average Bonchev–Trinajstić information content (AvgIpc) is 2.04. The molecule has 0 heterocycles. The summed E-state index contributed by atoms with van der Waals surface area (Å²) in [5.41, 5.74) is 0. The second-order valence-corrected chi connectivity index (χ2v) is 3.35. The summed E-state index contributed by atoms with van der Waals surface area (Å²) in [6.07, 6.45) is 8.21. The first kappa shape index (κ1) is 11.7. The van der Waals surface area contributed by atoms with Crippen LogP contribution in [-0.2, 0) is 0 Å². The monoisotopic (exact) mass is 170 g/mol. The van der Waals surface area contributed by atoms with Gasteiger partial charge in [-0.05, 0) is 25.7 Å². The molecule has 0 saturated heterocycles. The Kier molecular flexibility index (Phi) is 7.17. The van der Waals surface area contributed by atoms with Gasteiger partial charge < -0.3 is 5.11 Å². The molecule has 1 unspecified atom stereocenters. The van der Waals surface area contributed by atoms with Crippen LogP contribution in [0, 0.1) is 5.92 Å². The van der Waals surface area contributed by atoms with E-state index in [9.17, 15) is 5.11 Å². The molecule has 0 radical (unpaired) electrons. The van der Waals surface area contributed by atoms with Crippen molar-refractivity contribution in [3.05, 3.63) is 12.2 Å². The number of aliphatic hydroxyl groups is 1. The summed E-state index contributed by atoms with van der Waals surface area (Å²) in [6.45, 7) is 6.30. The van der Waals surface area contributed by atoms with Crippen molar-refractivity contribution < 1.29 is 5.11 Å². The molecule has 0 aliphatic carbocycles. The molecule has 0 aromatic carbocycles. The van der Waals surface area contributed by atoms with Gasteiger partial charge in [-0.15, -0.1) is 0 Å². The first-order chi connectivity index (χ1) is 5.76. The minimum Gasteiger partial charge on any atom is -0.389 e. The topological polar surface area (TPSA) is 20.2 Å². The fourth-order valence-electron chi connectivity index (χ4n) is 1.58. The predicted octanol–water partition coefficient (Wildman–Crippen LogP) is 3.14.